The van der Waals surface area contributed by atoms with Crippen molar-refractivity contribution >= 4 is 0 Å². The predicted molar refractivity (Wildman–Crippen MR) is 130 cm³/mol. The molecule has 1 saturated carbocycles. The maximum atomic E-state index is 2.51. The quantitative estimate of drug-likeness (QED) is 0.322. The van der Waals surface area contributed by atoms with Gasteiger partial charge < -0.3 is 0 Å². The molecule has 4 rings (SSSR count). The van der Waals surface area contributed by atoms with Crippen molar-refractivity contribution in [2.24, 2.45) is 5.92 Å². The van der Waals surface area contributed by atoms with Crippen LogP contribution in [0, 0.1) is 5.92 Å². The SMILES string of the molecule is C/C=C/C1CCC(c2ccc(C3CCc4cc(CCCCC)ccc4C3)cc2)CC1. The van der Waals surface area contributed by atoms with Gasteiger partial charge in [-0.05, 0) is 110 Å². The van der Waals surface area contributed by atoms with Gasteiger partial charge in [0, 0.05) is 0 Å². The van der Waals surface area contributed by atoms with Crippen molar-refractivity contribution in [1.82, 2.24) is 0 Å². The lowest BCUT2D eigenvalue weighted by Crippen LogP contribution is -2.14. The minimum atomic E-state index is 0.697. The van der Waals surface area contributed by atoms with Crippen LogP contribution in [-0.2, 0) is 19.3 Å². The van der Waals surface area contributed by atoms with E-state index in [-0.39, 0.29) is 0 Å². The molecule has 0 N–H and O–H groups in total. The molecular weight excluding hydrogens is 360 g/mol. The summed E-state index contributed by atoms with van der Waals surface area (Å²) in [7, 11) is 0. The lowest BCUT2D eigenvalue weighted by atomic mass is 9.77. The van der Waals surface area contributed by atoms with Crippen LogP contribution in [-0.4, -0.2) is 0 Å². The van der Waals surface area contributed by atoms with E-state index in [1.807, 2.05) is 0 Å². The molecule has 1 atom stereocenters. The maximum absolute atomic E-state index is 2.51. The molecule has 0 radical (unpaired) electrons. The second kappa shape index (κ2) is 10.5. The molecule has 0 nitrogen and oxygen atoms in total. The van der Waals surface area contributed by atoms with Crippen LogP contribution < -0.4 is 0 Å². The topological polar surface area (TPSA) is 0 Å². The number of allylic oxidation sites excluding steroid dienone is 2. The van der Waals surface area contributed by atoms with Crippen molar-refractivity contribution in [3.05, 3.63) is 82.4 Å². The van der Waals surface area contributed by atoms with Crippen molar-refractivity contribution in [2.45, 2.75) is 96.3 Å². The van der Waals surface area contributed by atoms with Gasteiger partial charge in [0.1, 0.15) is 0 Å². The Hall–Kier alpha value is -1.82. The molecule has 2 aliphatic carbocycles. The van der Waals surface area contributed by atoms with Gasteiger partial charge >= 0.3 is 0 Å². The van der Waals surface area contributed by atoms with Crippen molar-refractivity contribution in [1.29, 1.82) is 0 Å². The van der Waals surface area contributed by atoms with E-state index in [0.717, 1.165) is 11.8 Å². The van der Waals surface area contributed by atoms with Crippen LogP contribution in [0.3, 0.4) is 0 Å². The van der Waals surface area contributed by atoms with Gasteiger partial charge in [0.2, 0.25) is 0 Å². The summed E-state index contributed by atoms with van der Waals surface area (Å²) in [6.45, 7) is 4.44. The predicted octanol–water partition coefficient (Wildman–Crippen LogP) is 8.54. The third-order valence-electron chi connectivity index (χ3n) is 7.68. The van der Waals surface area contributed by atoms with Crippen LogP contribution in [0.2, 0.25) is 0 Å². The Balaban J connectivity index is 1.35. The summed E-state index contributed by atoms with van der Waals surface area (Å²) >= 11 is 0. The van der Waals surface area contributed by atoms with Gasteiger partial charge in [0.25, 0.3) is 0 Å². The van der Waals surface area contributed by atoms with Gasteiger partial charge in [-0.15, -0.1) is 0 Å². The van der Waals surface area contributed by atoms with E-state index in [2.05, 4.69) is 68.5 Å². The average Bonchev–Trinajstić information content (AvgIpc) is 2.80. The van der Waals surface area contributed by atoms with E-state index in [1.165, 1.54) is 70.6 Å². The first kappa shape index (κ1) is 21.4. The summed E-state index contributed by atoms with van der Waals surface area (Å²) in [5.41, 5.74) is 7.89. The van der Waals surface area contributed by atoms with Crippen molar-refractivity contribution in [2.75, 3.05) is 0 Å². The standard InChI is InChI=1S/C30H40/c1-3-5-6-8-24-11-14-30-22-29(20-19-28(30)21-24)27-17-15-26(16-18-27)25-12-9-23(7-4-2)10-13-25/h4,7,11,14-18,21,23,25,29H,3,5-6,8-10,12-13,19-20,22H2,1-2H3/b7-4+. The van der Waals surface area contributed by atoms with Gasteiger partial charge in [-0.2, -0.15) is 0 Å². The highest BCUT2D eigenvalue weighted by Gasteiger charge is 2.23. The number of fused-ring (bicyclic) bond motifs is 1. The molecule has 0 spiro atoms. The fraction of sp³-hybridized carbons (Fsp3) is 0.533. The Kier molecular flexibility index (Phi) is 7.47. The highest BCUT2D eigenvalue weighted by molar-refractivity contribution is 5.38. The molecule has 0 aliphatic heterocycles. The summed E-state index contributed by atoms with van der Waals surface area (Å²) in [4.78, 5) is 0. The van der Waals surface area contributed by atoms with Crippen molar-refractivity contribution < 1.29 is 0 Å². The Labute approximate surface area is 184 Å². The molecule has 0 heteroatoms. The molecule has 2 aromatic carbocycles. The lowest BCUT2D eigenvalue weighted by molar-refractivity contribution is 0.375. The van der Waals surface area contributed by atoms with Crippen LogP contribution in [0.4, 0.5) is 0 Å². The van der Waals surface area contributed by atoms with E-state index in [9.17, 15) is 0 Å². The van der Waals surface area contributed by atoms with E-state index in [1.54, 1.807) is 27.8 Å². The number of hydrogen-bond donors (Lipinski definition) is 0. The summed E-state index contributed by atoms with van der Waals surface area (Å²) in [5, 5.41) is 0. The lowest BCUT2D eigenvalue weighted by Gasteiger charge is -2.28. The van der Waals surface area contributed by atoms with E-state index < -0.39 is 0 Å². The normalized spacial score (nSPS) is 24.1. The summed E-state index contributed by atoms with van der Waals surface area (Å²) in [6.07, 6.45) is 19.1. The van der Waals surface area contributed by atoms with Gasteiger partial charge in [-0.1, -0.05) is 74.4 Å². The molecule has 160 valence electrons. The van der Waals surface area contributed by atoms with Gasteiger partial charge in [0.05, 0.1) is 0 Å². The molecule has 0 heterocycles. The summed E-state index contributed by atoms with van der Waals surface area (Å²) in [5.74, 6) is 2.29. The number of benzene rings is 2. The van der Waals surface area contributed by atoms with Crippen LogP contribution in [0.1, 0.15) is 105 Å². The number of rotatable bonds is 7. The average molecular weight is 401 g/mol. The Bertz CT molecular complexity index is 818. The molecule has 0 saturated heterocycles. The Morgan fingerprint density at radius 3 is 2.23 bits per heavy atom. The minimum Gasteiger partial charge on any atom is -0.0914 e. The van der Waals surface area contributed by atoms with Crippen LogP contribution in [0.15, 0.2) is 54.6 Å². The molecular formula is C30H40. The maximum Gasteiger partial charge on any atom is -0.0118 e. The number of hydrogen-bond acceptors (Lipinski definition) is 0. The Morgan fingerprint density at radius 2 is 1.53 bits per heavy atom. The monoisotopic (exact) mass is 400 g/mol. The van der Waals surface area contributed by atoms with Crippen molar-refractivity contribution in [3.8, 4) is 0 Å². The molecule has 0 aromatic heterocycles. The zero-order valence-corrected chi connectivity index (χ0v) is 19.2. The third-order valence-corrected chi connectivity index (χ3v) is 7.68. The molecule has 30 heavy (non-hydrogen) atoms. The minimum absolute atomic E-state index is 0.697. The number of unbranched alkanes of at least 4 members (excludes halogenated alkanes) is 2. The Morgan fingerprint density at radius 1 is 0.800 bits per heavy atom. The van der Waals surface area contributed by atoms with Gasteiger partial charge in [-0.25, -0.2) is 0 Å². The van der Waals surface area contributed by atoms with Gasteiger partial charge in [-0.3, -0.25) is 0 Å². The fourth-order valence-corrected chi connectivity index (χ4v) is 5.79. The molecule has 2 aromatic rings. The van der Waals surface area contributed by atoms with Crippen LogP contribution >= 0.6 is 0 Å². The molecule has 1 unspecified atom stereocenters. The molecule has 2 aliphatic rings. The first-order valence-electron chi connectivity index (χ1n) is 12.6. The smallest absolute Gasteiger partial charge is 0.0118 e. The summed E-state index contributed by atoms with van der Waals surface area (Å²) < 4.78 is 0. The van der Waals surface area contributed by atoms with Gasteiger partial charge in [0.15, 0.2) is 0 Å². The molecule has 0 amide bonds. The van der Waals surface area contributed by atoms with E-state index in [4.69, 9.17) is 0 Å². The first-order valence-corrected chi connectivity index (χ1v) is 12.6. The fourth-order valence-electron chi connectivity index (χ4n) is 5.79. The highest BCUT2D eigenvalue weighted by atomic mass is 14.3. The summed E-state index contributed by atoms with van der Waals surface area (Å²) in [6, 6.07) is 17.1. The highest BCUT2D eigenvalue weighted by Crippen LogP contribution is 2.38. The van der Waals surface area contributed by atoms with E-state index >= 15 is 0 Å². The molecule has 0 bridgehead atoms. The van der Waals surface area contributed by atoms with Crippen molar-refractivity contribution in [3.63, 3.8) is 0 Å². The zero-order chi connectivity index (χ0) is 20.8. The third kappa shape index (κ3) is 5.26. The largest absolute Gasteiger partial charge is 0.0914 e. The first-order chi connectivity index (χ1) is 14.8. The van der Waals surface area contributed by atoms with Crippen LogP contribution in [0.25, 0.3) is 0 Å². The number of aryl methyl sites for hydroxylation is 2. The van der Waals surface area contributed by atoms with E-state index in [0.29, 0.717) is 5.92 Å². The zero-order valence-electron chi connectivity index (χ0n) is 19.2. The van der Waals surface area contributed by atoms with Crippen LogP contribution in [0.5, 0.6) is 0 Å². The second-order valence-corrected chi connectivity index (χ2v) is 9.80. The second-order valence-electron chi connectivity index (χ2n) is 9.80. The molecule has 1 fully saturated rings.